The summed E-state index contributed by atoms with van der Waals surface area (Å²) in [6.07, 6.45) is 6.67. The van der Waals surface area contributed by atoms with Gasteiger partial charge in [-0.05, 0) is 49.0 Å². The summed E-state index contributed by atoms with van der Waals surface area (Å²) >= 11 is 4.74. The molecule has 1 saturated carbocycles. The first-order valence-corrected chi connectivity index (χ1v) is 6.41. The van der Waals surface area contributed by atoms with Gasteiger partial charge < -0.3 is 0 Å². The van der Waals surface area contributed by atoms with Crippen molar-refractivity contribution in [3.8, 4) is 0 Å². The lowest BCUT2D eigenvalue weighted by Gasteiger charge is -2.23. The van der Waals surface area contributed by atoms with Crippen LogP contribution in [0.4, 0.5) is 5.69 Å². The average Bonchev–Trinajstić information content (AvgIpc) is 2.33. The van der Waals surface area contributed by atoms with Crippen LogP contribution in [0.25, 0.3) is 0 Å². The van der Waals surface area contributed by atoms with Crippen molar-refractivity contribution in [2.45, 2.75) is 44.9 Å². The molecule has 1 nitrogen and oxygen atoms in total. The normalized spacial score (nSPS) is 16.8. The molecule has 1 aliphatic rings. The van der Waals surface area contributed by atoms with Crippen molar-refractivity contribution in [2.24, 2.45) is 4.99 Å². The van der Waals surface area contributed by atoms with Crippen LogP contribution in [-0.2, 0) is 0 Å². The monoisotopic (exact) mass is 231 g/mol. The predicted molar refractivity (Wildman–Crippen MR) is 71.7 cm³/mol. The third kappa shape index (κ3) is 2.40. The Kier molecular flexibility index (Phi) is 3.87. The van der Waals surface area contributed by atoms with Crippen LogP contribution in [0.5, 0.6) is 0 Å². The first-order valence-electron chi connectivity index (χ1n) is 6.00. The molecule has 2 heteroatoms. The second-order valence-electron chi connectivity index (χ2n) is 4.55. The summed E-state index contributed by atoms with van der Waals surface area (Å²) in [5.41, 5.74) is 3.64. The minimum Gasteiger partial charge on any atom is -0.194 e. The Morgan fingerprint density at radius 2 is 2.00 bits per heavy atom. The summed E-state index contributed by atoms with van der Waals surface area (Å²) < 4.78 is 0. The number of thiocarbonyl (C=S) groups is 1. The zero-order chi connectivity index (χ0) is 11.4. The lowest BCUT2D eigenvalue weighted by Crippen LogP contribution is -2.05. The summed E-state index contributed by atoms with van der Waals surface area (Å²) in [5.74, 6) is 0.677. The SMILES string of the molecule is Cc1cccc(C2CCCCC2)c1N=C=S. The minimum atomic E-state index is 0.677. The molecule has 0 aromatic heterocycles. The van der Waals surface area contributed by atoms with Gasteiger partial charge in [-0.2, -0.15) is 4.99 Å². The van der Waals surface area contributed by atoms with E-state index in [0.717, 1.165) is 5.69 Å². The molecule has 1 aliphatic carbocycles. The number of para-hydroxylation sites is 1. The summed E-state index contributed by atoms with van der Waals surface area (Å²) in [6.45, 7) is 2.10. The van der Waals surface area contributed by atoms with Crippen LogP contribution in [0.15, 0.2) is 23.2 Å². The van der Waals surface area contributed by atoms with Gasteiger partial charge in [0.1, 0.15) is 0 Å². The maximum Gasteiger partial charge on any atom is 0.0803 e. The van der Waals surface area contributed by atoms with Crippen molar-refractivity contribution in [2.75, 3.05) is 0 Å². The predicted octanol–water partition coefficient (Wildman–Crippen LogP) is 4.78. The van der Waals surface area contributed by atoms with Crippen molar-refractivity contribution in [3.63, 3.8) is 0 Å². The largest absolute Gasteiger partial charge is 0.194 e. The fourth-order valence-electron chi connectivity index (χ4n) is 2.62. The van der Waals surface area contributed by atoms with Gasteiger partial charge in [-0.25, -0.2) is 0 Å². The molecule has 0 saturated heterocycles. The highest BCUT2D eigenvalue weighted by Crippen LogP contribution is 2.38. The third-order valence-electron chi connectivity index (χ3n) is 3.47. The highest BCUT2D eigenvalue weighted by Gasteiger charge is 2.18. The molecule has 0 bridgehead atoms. The Hall–Kier alpha value is -0.980. The second-order valence-corrected chi connectivity index (χ2v) is 4.73. The van der Waals surface area contributed by atoms with Crippen LogP contribution in [-0.4, -0.2) is 5.16 Å². The van der Waals surface area contributed by atoms with E-state index in [2.05, 4.69) is 35.3 Å². The van der Waals surface area contributed by atoms with Gasteiger partial charge in [0.2, 0.25) is 0 Å². The van der Waals surface area contributed by atoms with Crippen LogP contribution in [0.1, 0.15) is 49.1 Å². The highest BCUT2D eigenvalue weighted by molar-refractivity contribution is 7.78. The van der Waals surface area contributed by atoms with Crippen molar-refractivity contribution < 1.29 is 0 Å². The van der Waals surface area contributed by atoms with Gasteiger partial charge in [0.25, 0.3) is 0 Å². The number of isothiocyanates is 1. The van der Waals surface area contributed by atoms with Gasteiger partial charge in [0, 0.05) is 0 Å². The van der Waals surface area contributed by atoms with Gasteiger partial charge in [-0.15, -0.1) is 0 Å². The molecular weight excluding hydrogens is 214 g/mol. The number of hydrogen-bond donors (Lipinski definition) is 0. The molecule has 84 valence electrons. The first kappa shape index (κ1) is 11.5. The van der Waals surface area contributed by atoms with E-state index >= 15 is 0 Å². The van der Waals surface area contributed by atoms with E-state index in [-0.39, 0.29) is 0 Å². The van der Waals surface area contributed by atoms with Gasteiger partial charge in [0.05, 0.1) is 10.8 Å². The first-order chi connectivity index (χ1) is 7.83. The van der Waals surface area contributed by atoms with E-state index in [9.17, 15) is 0 Å². The summed E-state index contributed by atoms with van der Waals surface area (Å²) in [7, 11) is 0. The molecule has 0 N–H and O–H groups in total. The third-order valence-corrected chi connectivity index (χ3v) is 3.56. The summed E-state index contributed by atoms with van der Waals surface area (Å²) in [6, 6.07) is 6.42. The van der Waals surface area contributed by atoms with E-state index in [0.29, 0.717) is 5.92 Å². The van der Waals surface area contributed by atoms with E-state index < -0.39 is 0 Å². The van der Waals surface area contributed by atoms with Crippen molar-refractivity contribution in [1.82, 2.24) is 0 Å². The lowest BCUT2D eigenvalue weighted by molar-refractivity contribution is 0.444. The van der Waals surface area contributed by atoms with Gasteiger partial charge in [-0.3, -0.25) is 0 Å². The maximum absolute atomic E-state index is 4.74. The highest BCUT2D eigenvalue weighted by atomic mass is 32.1. The number of benzene rings is 1. The molecular formula is C14H17NS. The second kappa shape index (κ2) is 5.38. The Morgan fingerprint density at radius 3 is 2.69 bits per heavy atom. The zero-order valence-electron chi connectivity index (χ0n) is 9.70. The van der Waals surface area contributed by atoms with Crippen LogP contribution in [0, 0.1) is 6.92 Å². The Labute approximate surface area is 103 Å². The van der Waals surface area contributed by atoms with Crippen LogP contribution >= 0.6 is 12.2 Å². The molecule has 1 aromatic rings. The molecule has 0 aliphatic heterocycles. The quantitative estimate of drug-likeness (QED) is 0.527. The fourth-order valence-corrected chi connectivity index (χ4v) is 2.71. The lowest BCUT2D eigenvalue weighted by atomic mass is 9.83. The van der Waals surface area contributed by atoms with E-state index in [4.69, 9.17) is 12.2 Å². The average molecular weight is 231 g/mol. The van der Waals surface area contributed by atoms with E-state index in [1.807, 2.05) is 0 Å². The molecule has 0 unspecified atom stereocenters. The molecule has 1 aromatic carbocycles. The van der Waals surface area contributed by atoms with Crippen molar-refractivity contribution in [1.29, 1.82) is 0 Å². The van der Waals surface area contributed by atoms with Crippen molar-refractivity contribution in [3.05, 3.63) is 29.3 Å². The van der Waals surface area contributed by atoms with Crippen LogP contribution < -0.4 is 0 Å². The summed E-state index contributed by atoms with van der Waals surface area (Å²) in [4.78, 5) is 4.25. The molecule has 2 rings (SSSR count). The number of aryl methyl sites for hydroxylation is 1. The molecule has 0 atom stereocenters. The van der Waals surface area contributed by atoms with Gasteiger partial charge >= 0.3 is 0 Å². The Morgan fingerprint density at radius 1 is 1.25 bits per heavy atom. The molecule has 16 heavy (non-hydrogen) atoms. The Bertz CT molecular complexity index is 413. The number of nitrogens with zero attached hydrogens (tertiary/aromatic N) is 1. The number of aliphatic imine (C=N–C) groups is 1. The standard InChI is InChI=1S/C14H17NS/c1-11-6-5-9-13(14(11)15-10-16)12-7-3-2-4-8-12/h5-6,9,12H,2-4,7-8H2,1H3. The van der Waals surface area contributed by atoms with Crippen LogP contribution in [0.2, 0.25) is 0 Å². The van der Waals surface area contributed by atoms with E-state index in [1.165, 1.54) is 43.2 Å². The van der Waals surface area contributed by atoms with Gasteiger partial charge in [-0.1, -0.05) is 37.5 Å². The zero-order valence-corrected chi connectivity index (χ0v) is 10.5. The maximum atomic E-state index is 4.74. The van der Waals surface area contributed by atoms with E-state index in [1.54, 1.807) is 0 Å². The van der Waals surface area contributed by atoms with Gasteiger partial charge in [0.15, 0.2) is 0 Å². The molecule has 0 spiro atoms. The molecule has 0 amide bonds. The Balaban J connectivity index is 2.38. The topological polar surface area (TPSA) is 12.4 Å². The van der Waals surface area contributed by atoms with Crippen molar-refractivity contribution >= 4 is 23.1 Å². The number of rotatable bonds is 2. The minimum absolute atomic E-state index is 0.677. The smallest absolute Gasteiger partial charge is 0.0803 e. The van der Waals surface area contributed by atoms with Crippen LogP contribution in [0.3, 0.4) is 0 Å². The number of hydrogen-bond acceptors (Lipinski definition) is 2. The fraction of sp³-hybridized carbons (Fsp3) is 0.500. The molecule has 1 fully saturated rings. The molecule has 0 heterocycles. The summed E-state index contributed by atoms with van der Waals surface area (Å²) in [5, 5.41) is 2.51. The molecule has 0 radical (unpaired) electrons.